The third kappa shape index (κ3) is 4.62. The lowest BCUT2D eigenvalue weighted by Gasteiger charge is -2.37. The molecular formula is C24H23N3O3S. The molecule has 1 aromatic heterocycles. The van der Waals surface area contributed by atoms with E-state index in [0.29, 0.717) is 10.8 Å². The van der Waals surface area contributed by atoms with Crippen molar-refractivity contribution in [1.29, 1.82) is 0 Å². The number of anilines is 1. The van der Waals surface area contributed by atoms with Crippen LogP contribution in [0.2, 0.25) is 0 Å². The lowest BCUT2D eigenvalue weighted by Crippen LogP contribution is -2.34. The number of urea groups is 1. The van der Waals surface area contributed by atoms with Gasteiger partial charge in [-0.15, -0.1) is 17.8 Å². The number of aliphatic hydroxyl groups excluding tert-OH is 1. The second kappa shape index (κ2) is 8.90. The molecule has 0 saturated heterocycles. The van der Waals surface area contributed by atoms with Crippen molar-refractivity contribution < 1.29 is 15.0 Å². The highest BCUT2D eigenvalue weighted by atomic mass is 32.1. The molecule has 0 aliphatic heterocycles. The number of rotatable bonds is 6. The Hall–Kier alpha value is -3.18. The molecule has 1 aliphatic carbocycles. The summed E-state index contributed by atoms with van der Waals surface area (Å²) in [4.78, 5) is 16.3. The molecule has 1 heterocycles. The lowest BCUT2D eigenvalue weighted by molar-refractivity contribution is -0.0387. The van der Waals surface area contributed by atoms with Crippen LogP contribution in [-0.4, -0.2) is 27.8 Å². The summed E-state index contributed by atoms with van der Waals surface area (Å²) >= 11 is 1.26. The first kappa shape index (κ1) is 21.1. The first-order chi connectivity index (χ1) is 15.0. The summed E-state index contributed by atoms with van der Waals surface area (Å²) in [6.07, 6.45) is 7.93. The van der Waals surface area contributed by atoms with Crippen molar-refractivity contribution >= 4 is 23.2 Å². The number of hydrogen-bond donors (Lipinski definition) is 4. The number of amides is 2. The van der Waals surface area contributed by atoms with Crippen molar-refractivity contribution in [3.05, 3.63) is 70.0 Å². The molecule has 3 aromatic rings. The maximum absolute atomic E-state index is 12.3. The molecule has 2 aromatic carbocycles. The van der Waals surface area contributed by atoms with Gasteiger partial charge in [0.1, 0.15) is 5.82 Å². The van der Waals surface area contributed by atoms with Crippen LogP contribution in [0.25, 0.3) is 11.1 Å². The molecule has 2 amide bonds. The molecule has 1 saturated carbocycles. The van der Waals surface area contributed by atoms with Crippen molar-refractivity contribution in [2.45, 2.75) is 30.9 Å². The highest BCUT2D eigenvalue weighted by Gasteiger charge is 2.36. The predicted octanol–water partition coefficient (Wildman–Crippen LogP) is 4.02. The smallest absolute Gasteiger partial charge is 0.320 e. The number of carbonyl (C=O) groups excluding carboxylic acids is 1. The SMILES string of the molecule is C#Cc1nc(NC(=O)NC(CO)c2ccc(-c3cccc(C4(O)CCC4)c3)cc2)cs1. The van der Waals surface area contributed by atoms with Gasteiger partial charge in [-0.3, -0.25) is 5.32 Å². The molecule has 158 valence electrons. The minimum Gasteiger partial charge on any atom is -0.394 e. The third-order valence-corrected chi connectivity index (χ3v) is 6.36. The Balaban J connectivity index is 1.44. The highest BCUT2D eigenvalue weighted by Crippen LogP contribution is 2.42. The van der Waals surface area contributed by atoms with E-state index in [9.17, 15) is 15.0 Å². The summed E-state index contributed by atoms with van der Waals surface area (Å²) in [7, 11) is 0. The Morgan fingerprint density at radius 1 is 1.23 bits per heavy atom. The fourth-order valence-corrected chi connectivity index (χ4v) is 4.19. The van der Waals surface area contributed by atoms with Gasteiger partial charge in [-0.1, -0.05) is 42.5 Å². The molecule has 6 nitrogen and oxygen atoms in total. The lowest BCUT2D eigenvalue weighted by atomic mass is 9.74. The highest BCUT2D eigenvalue weighted by molar-refractivity contribution is 7.10. The van der Waals surface area contributed by atoms with Gasteiger partial charge in [0.05, 0.1) is 18.2 Å². The first-order valence-electron chi connectivity index (χ1n) is 10.0. The van der Waals surface area contributed by atoms with Crippen LogP contribution in [0.4, 0.5) is 10.6 Å². The Morgan fingerprint density at radius 3 is 2.61 bits per heavy atom. The molecule has 4 N–H and O–H groups in total. The predicted molar refractivity (Wildman–Crippen MR) is 122 cm³/mol. The minimum atomic E-state index is -0.701. The molecule has 1 fully saturated rings. The molecule has 0 spiro atoms. The number of aromatic nitrogens is 1. The quantitative estimate of drug-likeness (QED) is 0.442. The van der Waals surface area contributed by atoms with Gasteiger partial charge < -0.3 is 15.5 Å². The Morgan fingerprint density at radius 2 is 2.00 bits per heavy atom. The van der Waals surface area contributed by atoms with Gasteiger partial charge >= 0.3 is 6.03 Å². The van der Waals surface area contributed by atoms with Gasteiger partial charge in [0, 0.05) is 5.38 Å². The van der Waals surface area contributed by atoms with Crippen LogP contribution >= 0.6 is 11.3 Å². The summed E-state index contributed by atoms with van der Waals surface area (Å²) in [5, 5.41) is 27.9. The number of terminal acetylenes is 1. The van der Waals surface area contributed by atoms with E-state index in [1.807, 2.05) is 48.5 Å². The van der Waals surface area contributed by atoms with Crippen LogP contribution in [0.3, 0.4) is 0 Å². The third-order valence-electron chi connectivity index (χ3n) is 5.58. The molecule has 1 atom stereocenters. The number of thiazole rings is 1. The first-order valence-corrected chi connectivity index (χ1v) is 10.9. The average molecular weight is 434 g/mol. The average Bonchev–Trinajstić information content (AvgIpc) is 3.23. The number of carbonyl (C=O) groups is 1. The molecule has 0 bridgehead atoms. The summed E-state index contributed by atoms with van der Waals surface area (Å²) in [5.41, 5.74) is 3.04. The molecule has 1 unspecified atom stereocenters. The normalized spacial score (nSPS) is 15.4. The maximum Gasteiger partial charge on any atom is 0.320 e. The van der Waals surface area contributed by atoms with Crippen LogP contribution in [0.1, 0.15) is 41.4 Å². The topological polar surface area (TPSA) is 94.5 Å². The van der Waals surface area contributed by atoms with Crippen molar-refractivity contribution in [3.63, 3.8) is 0 Å². The number of aliphatic hydroxyl groups is 2. The minimum absolute atomic E-state index is 0.248. The Labute approximate surface area is 185 Å². The molecule has 0 radical (unpaired) electrons. The molecule has 31 heavy (non-hydrogen) atoms. The van der Waals surface area contributed by atoms with Crippen LogP contribution in [0.5, 0.6) is 0 Å². The molecule has 1 aliphatic rings. The van der Waals surface area contributed by atoms with E-state index in [4.69, 9.17) is 6.42 Å². The zero-order valence-electron chi connectivity index (χ0n) is 16.8. The van der Waals surface area contributed by atoms with Gasteiger partial charge in [-0.25, -0.2) is 9.78 Å². The van der Waals surface area contributed by atoms with Gasteiger partial charge in [0.15, 0.2) is 5.01 Å². The Kier molecular flexibility index (Phi) is 6.05. The molecule has 4 rings (SSSR count). The molecule has 7 heteroatoms. The maximum atomic E-state index is 12.3. The number of nitrogens with one attached hydrogen (secondary N) is 2. The van der Waals surface area contributed by atoms with Crippen molar-refractivity contribution in [3.8, 4) is 23.5 Å². The van der Waals surface area contributed by atoms with E-state index in [1.54, 1.807) is 5.38 Å². The number of hydrogen-bond acceptors (Lipinski definition) is 5. The van der Waals surface area contributed by atoms with Gasteiger partial charge in [-0.05, 0) is 53.5 Å². The van der Waals surface area contributed by atoms with E-state index in [1.165, 1.54) is 11.3 Å². The zero-order valence-corrected chi connectivity index (χ0v) is 17.7. The van der Waals surface area contributed by atoms with E-state index >= 15 is 0 Å². The van der Waals surface area contributed by atoms with Crippen LogP contribution in [0, 0.1) is 12.3 Å². The van der Waals surface area contributed by atoms with E-state index < -0.39 is 17.7 Å². The van der Waals surface area contributed by atoms with E-state index in [2.05, 4.69) is 21.5 Å². The largest absolute Gasteiger partial charge is 0.394 e. The standard InChI is InChI=1S/C24H23N3O3S/c1-2-22-26-21(15-31-22)27-23(29)25-20(14-28)17-9-7-16(8-10-17)18-5-3-6-19(13-18)24(30)11-4-12-24/h1,3,5-10,13,15,20,28,30H,4,11-12,14H2,(H2,25,27,29). The zero-order chi connectivity index (χ0) is 21.8. The van der Waals surface area contributed by atoms with E-state index in [-0.39, 0.29) is 6.61 Å². The second-order valence-corrected chi connectivity index (χ2v) is 8.46. The van der Waals surface area contributed by atoms with Gasteiger partial charge in [0.2, 0.25) is 0 Å². The fraction of sp³-hybridized carbons (Fsp3) is 0.250. The number of nitrogens with zero attached hydrogens (tertiary/aromatic N) is 1. The summed E-state index contributed by atoms with van der Waals surface area (Å²) < 4.78 is 0. The Bertz CT molecular complexity index is 1110. The summed E-state index contributed by atoms with van der Waals surface area (Å²) in [5.74, 6) is 2.79. The van der Waals surface area contributed by atoms with Gasteiger partial charge in [-0.2, -0.15) is 0 Å². The summed E-state index contributed by atoms with van der Waals surface area (Å²) in [6.45, 7) is -0.248. The van der Waals surface area contributed by atoms with Crippen molar-refractivity contribution in [2.75, 3.05) is 11.9 Å². The van der Waals surface area contributed by atoms with Crippen LogP contribution in [0.15, 0.2) is 53.9 Å². The summed E-state index contributed by atoms with van der Waals surface area (Å²) in [6, 6.07) is 14.6. The fourth-order valence-electron chi connectivity index (χ4n) is 3.64. The monoisotopic (exact) mass is 433 g/mol. The van der Waals surface area contributed by atoms with Gasteiger partial charge in [0.25, 0.3) is 0 Å². The van der Waals surface area contributed by atoms with Crippen LogP contribution < -0.4 is 10.6 Å². The number of benzene rings is 2. The van der Waals surface area contributed by atoms with E-state index in [0.717, 1.165) is 41.5 Å². The van der Waals surface area contributed by atoms with Crippen LogP contribution in [-0.2, 0) is 5.60 Å². The van der Waals surface area contributed by atoms with Crippen molar-refractivity contribution in [1.82, 2.24) is 10.3 Å². The molecular weight excluding hydrogens is 410 g/mol. The second-order valence-electron chi connectivity index (χ2n) is 7.60. The van der Waals surface area contributed by atoms with Crippen molar-refractivity contribution in [2.24, 2.45) is 0 Å².